The van der Waals surface area contributed by atoms with Crippen molar-refractivity contribution in [1.82, 2.24) is 10.1 Å². The Labute approximate surface area is 158 Å². The molecule has 1 heterocycles. The smallest absolute Gasteiger partial charge is 0.258 e. The van der Waals surface area contributed by atoms with Gasteiger partial charge in [-0.1, -0.05) is 49.3 Å². The minimum Gasteiger partial charge on any atom is -0.495 e. The molecule has 0 bridgehead atoms. The molecule has 6 nitrogen and oxygen atoms in total. The number of methoxy groups -OCH3 is 1. The fraction of sp³-hybridized carbons (Fsp3) is 0.286. The van der Waals surface area contributed by atoms with Crippen LogP contribution in [0, 0.1) is 5.92 Å². The number of benzene rings is 2. The maximum Gasteiger partial charge on any atom is 0.258 e. The van der Waals surface area contributed by atoms with E-state index in [9.17, 15) is 4.79 Å². The fourth-order valence-corrected chi connectivity index (χ4v) is 2.87. The number of ether oxygens (including phenoxy) is 1. The lowest BCUT2D eigenvalue weighted by molar-refractivity contribution is -0.115. The largest absolute Gasteiger partial charge is 0.495 e. The number of para-hydroxylation sites is 2. The average molecular weight is 365 g/mol. The van der Waals surface area contributed by atoms with Crippen LogP contribution in [0.1, 0.15) is 25.2 Å². The molecule has 6 heteroatoms. The van der Waals surface area contributed by atoms with E-state index in [1.165, 1.54) is 0 Å². The average Bonchev–Trinajstić information content (AvgIpc) is 3.10. The lowest BCUT2D eigenvalue weighted by Crippen LogP contribution is -2.15. The lowest BCUT2D eigenvalue weighted by Gasteiger charge is -2.08. The third-order valence-corrected chi connectivity index (χ3v) is 4.04. The first-order valence-corrected chi connectivity index (χ1v) is 8.90. The van der Waals surface area contributed by atoms with E-state index in [4.69, 9.17) is 9.26 Å². The number of rotatable bonds is 7. The molecule has 0 radical (unpaired) electrons. The molecule has 2 aromatic carbocycles. The van der Waals surface area contributed by atoms with E-state index >= 15 is 0 Å². The molecule has 3 rings (SSSR count). The predicted octanol–water partition coefficient (Wildman–Crippen LogP) is 4.12. The Bertz CT molecular complexity index is 918. The Morgan fingerprint density at radius 2 is 1.89 bits per heavy atom. The second-order valence-electron chi connectivity index (χ2n) is 6.70. The number of nitrogens with one attached hydrogen (secondary N) is 1. The summed E-state index contributed by atoms with van der Waals surface area (Å²) in [6.45, 7) is 4.33. The van der Waals surface area contributed by atoms with E-state index in [-0.39, 0.29) is 12.3 Å². The summed E-state index contributed by atoms with van der Waals surface area (Å²) in [4.78, 5) is 16.7. The summed E-state index contributed by atoms with van der Waals surface area (Å²) in [5, 5.41) is 6.77. The van der Waals surface area contributed by atoms with E-state index in [0.717, 1.165) is 17.5 Å². The minimum atomic E-state index is -0.234. The highest BCUT2D eigenvalue weighted by atomic mass is 16.5. The first kappa shape index (κ1) is 18.6. The number of carbonyl (C=O) groups is 1. The van der Waals surface area contributed by atoms with Gasteiger partial charge in [-0.05, 0) is 36.1 Å². The molecule has 0 saturated carbocycles. The molecule has 0 aliphatic heterocycles. The second-order valence-corrected chi connectivity index (χ2v) is 6.70. The number of hydrogen-bond acceptors (Lipinski definition) is 5. The SMILES string of the molecule is COc1ccccc1NC(=O)Cc1noc(-c2ccccc2CC(C)C)n1. The highest BCUT2D eigenvalue weighted by Crippen LogP contribution is 2.25. The number of amides is 1. The van der Waals surface area contributed by atoms with Gasteiger partial charge in [-0.2, -0.15) is 4.98 Å². The molecule has 0 atom stereocenters. The van der Waals surface area contributed by atoms with E-state index in [1.54, 1.807) is 19.2 Å². The summed E-state index contributed by atoms with van der Waals surface area (Å²) in [7, 11) is 1.56. The molecule has 27 heavy (non-hydrogen) atoms. The number of nitrogens with zero attached hydrogens (tertiary/aromatic N) is 2. The van der Waals surface area contributed by atoms with Crippen LogP contribution in [0.15, 0.2) is 53.1 Å². The highest BCUT2D eigenvalue weighted by Gasteiger charge is 2.16. The van der Waals surface area contributed by atoms with Crippen LogP contribution in [0.2, 0.25) is 0 Å². The first-order chi connectivity index (χ1) is 13.1. The van der Waals surface area contributed by atoms with Gasteiger partial charge in [-0.15, -0.1) is 0 Å². The molecule has 3 aromatic rings. The molecule has 1 amide bonds. The van der Waals surface area contributed by atoms with Gasteiger partial charge >= 0.3 is 0 Å². The van der Waals surface area contributed by atoms with Gasteiger partial charge in [-0.25, -0.2) is 0 Å². The van der Waals surface area contributed by atoms with Crippen LogP contribution in [-0.4, -0.2) is 23.2 Å². The van der Waals surface area contributed by atoms with Gasteiger partial charge in [0.05, 0.1) is 19.2 Å². The van der Waals surface area contributed by atoms with Crippen LogP contribution in [0.4, 0.5) is 5.69 Å². The van der Waals surface area contributed by atoms with Gasteiger partial charge in [0.2, 0.25) is 5.91 Å². The van der Waals surface area contributed by atoms with Crippen LogP contribution in [0.5, 0.6) is 5.75 Å². The normalized spacial score (nSPS) is 10.8. The third kappa shape index (κ3) is 4.73. The van der Waals surface area contributed by atoms with Gasteiger partial charge in [0.1, 0.15) is 5.75 Å². The van der Waals surface area contributed by atoms with Crippen molar-refractivity contribution >= 4 is 11.6 Å². The maximum absolute atomic E-state index is 12.3. The zero-order chi connectivity index (χ0) is 19.2. The number of anilines is 1. The zero-order valence-corrected chi connectivity index (χ0v) is 15.7. The summed E-state index contributed by atoms with van der Waals surface area (Å²) in [6.07, 6.45) is 0.941. The van der Waals surface area contributed by atoms with Gasteiger partial charge in [0.25, 0.3) is 5.89 Å². The Morgan fingerprint density at radius 1 is 1.15 bits per heavy atom. The Morgan fingerprint density at radius 3 is 2.67 bits per heavy atom. The summed E-state index contributed by atoms with van der Waals surface area (Å²) in [5.74, 6) is 1.66. The molecular weight excluding hydrogens is 342 g/mol. The van der Waals surface area contributed by atoms with Crippen LogP contribution in [0.25, 0.3) is 11.5 Å². The summed E-state index contributed by atoms with van der Waals surface area (Å²) < 4.78 is 10.6. The molecule has 140 valence electrons. The third-order valence-electron chi connectivity index (χ3n) is 4.04. The number of hydrogen-bond donors (Lipinski definition) is 1. The van der Waals surface area contributed by atoms with Crippen molar-refractivity contribution < 1.29 is 14.1 Å². The van der Waals surface area contributed by atoms with E-state index in [1.807, 2.05) is 30.3 Å². The topological polar surface area (TPSA) is 77.2 Å². The van der Waals surface area contributed by atoms with Crippen LogP contribution < -0.4 is 10.1 Å². The van der Waals surface area contributed by atoms with Gasteiger partial charge in [0, 0.05) is 5.56 Å². The molecule has 1 aromatic heterocycles. The van der Waals surface area contributed by atoms with Crippen molar-refractivity contribution in [3.8, 4) is 17.2 Å². The summed E-state index contributed by atoms with van der Waals surface area (Å²) >= 11 is 0. The highest BCUT2D eigenvalue weighted by molar-refractivity contribution is 5.93. The van der Waals surface area contributed by atoms with E-state index in [0.29, 0.717) is 29.1 Å². The molecular formula is C21H23N3O3. The van der Waals surface area contributed by atoms with Gasteiger partial charge < -0.3 is 14.6 Å². The maximum atomic E-state index is 12.3. The summed E-state index contributed by atoms with van der Waals surface area (Å²) in [5.41, 5.74) is 2.67. The molecule has 0 unspecified atom stereocenters. The van der Waals surface area contributed by atoms with Crippen LogP contribution >= 0.6 is 0 Å². The van der Waals surface area contributed by atoms with Crippen molar-refractivity contribution in [2.24, 2.45) is 5.92 Å². The Hall–Kier alpha value is -3.15. The van der Waals surface area contributed by atoms with Crippen LogP contribution in [0.3, 0.4) is 0 Å². The first-order valence-electron chi connectivity index (χ1n) is 8.90. The number of aromatic nitrogens is 2. The van der Waals surface area contributed by atoms with Crippen molar-refractivity contribution in [3.63, 3.8) is 0 Å². The molecule has 0 aliphatic carbocycles. The number of carbonyl (C=O) groups excluding carboxylic acids is 1. The van der Waals surface area contributed by atoms with Crippen LogP contribution in [-0.2, 0) is 17.6 Å². The van der Waals surface area contributed by atoms with Gasteiger partial charge in [-0.3, -0.25) is 4.79 Å². The standard InChI is InChI=1S/C21H23N3O3/c1-14(2)12-15-8-4-5-9-16(15)21-23-19(24-27-21)13-20(25)22-17-10-6-7-11-18(17)26-3/h4-11,14H,12-13H2,1-3H3,(H,22,25). The van der Waals surface area contributed by atoms with Gasteiger partial charge in [0.15, 0.2) is 5.82 Å². The molecule has 0 saturated heterocycles. The predicted molar refractivity (Wildman–Crippen MR) is 104 cm³/mol. The summed E-state index contributed by atoms with van der Waals surface area (Å²) in [6, 6.07) is 15.2. The van der Waals surface area contributed by atoms with Crippen molar-refractivity contribution in [1.29, 1.82) is 0 Å². The van der Waals surface area contributed by atoms with E-state index < -0.39 is 0 Å². The second kappa shape index (κ2) is 8.49. The lowest BCUT2D eigenvalue weighted by atomic mass is 9.98. The molecule has 0 aliphatic rings. The molecule has 0 spiro atoms. The zero-order valence-electron chi connectivity index (χ0n) is 15.7. The Kier molecular flexibility index (Phi) is 5.86. The minimum absolute atomic E-state index is 0.0217. The molecule has 1 N–H and O–H groups in total. The van der Waals surface area contributed by atoms with Crippen molar-refractivity contribution in [2.45, 2.75) is 26.7 Å². The van der Waals surface area contributed by atoms with E-state index in [2.05, 4.69) is 35.4 Å². The fourth-order valence-electron chi connectivity index (χ4n) is 2.87. The van der Waals surface area contributed by atoms with Crippen molar-refractivity contribution in [3.05, 3.63) is 59.9 Å². The quantitative estimate of drug-likeness (QED) is 0.681. The molecule has 0 fully saturated rings. The Balaban J connectivity index is 1.72. The monoisotopic (exact) mass is 365 g/mol. The van der Waals surface area contributed by atoms with Crippen molar-refractivity contribution in [2.75, 3.05) is 12.4 Å².